The minimum absolute atomic E-state index is 0.00866. The highest BCUT2D eigenvalue weighted by Gasteiger charge is 2.46. The van der Waals surface area contributed by atoms with Crippen LogP contribution in [0.2, 0.25) is 0 Å². The minimum atomic E-state index is -0.835. The zero-order chi connectivity index (χ0) is 25.1. The van der Waals surface area contributed by atoms with E-state index in [1.807, 2.05) is 32.0 Å². The van der Waals surface area contributed by atoms with E-state index >= 15 is 0 Å². The molecule has 1 fully saturated rings. The molecule has 0 aromatic heterocycles. The van der Waals surface area contributed by atoms with Crippen LogP contribution in [-0.4, -0.2) is 29.4 Å². The van der Waals surface area contributed by atoms with Gasteiger partial charge in [-0.05, 0) is 60.9 Å². The first-order valence-electron chi connectivity index (χ1n) is 11.2. The predicted octanol–water partition coefficient (Wildman–Crippen LogP) is 5.95. The molecule has 0 radical (unpaired) electrons. The molecule has 7 heteroatoms. The lowest BCUT2D eigenvalue weighted by Crippen LogP contribution is -2.29. The number of carbonyl (C=O) groups is 3. The van der Waals surface area contributed by atoms with Crippen molar-refractivity contribution in [2.75, 3.05) is 11.5 Å². The highest BCUT2D eigenvalue weighted by atomic mass is 79.9. The van der Waals surface area contributed by atoms with Gasteiger partial charge in [0.1, 0.15) is 5.76 Å². The predicted molar refractivity (Wildman–Crippen MR) is 137 cm³/mol. The number of rotatable bonds is 6. The molecule has 1 saturated heterocycles. The van der Waals surface area contributed by atoms with Crippen molar-refractivity contribution in [3.63, 3.8) is 0 Å². The van der Waals surface area contributed by atoms with Gasteiger partial charge in [0.25, 0.3) is 11.7 Å². The maximum atomic E-state index is 13.2. The van der Waals surface area contributed by atoms with Crippen molar-refractivity contribution in [2.24, 2.45) is 0 Å². The topological polar surface area (TPSA) is 83.9 Å². The Hall–Kier alpha value is -3.71. The number of hydrogen-bond acceptors (Lipinski definition) is 5. The van der Waals surface area contributed by atoms with Gasteiger partial charge in [-0.1, -0.05) is 59.3 Å². The highest BCUT2D eigenvalue weighted by Crippen LogP contribution is 2.42. The van der Waals surface area contributed by atoms with Crippen LogP contribution in [0.3, 0.4) is 0 Å². The molecule has 1 heterocycles. The molecule has 3 aromatic rings. The van der Waals surface area contributed by atoms with Crippen LogP contribution < -0.4 is 4.90 Å². The van der Waals surface area contributed by atoms with Gasteiger partial charge >= 0.3 is 5.97 Å². The summed E-state index contributed by atoms with van der Waals surface area (Å²) >= 11 is 3.44. The SMILES string of the molecule is CCCOC(=O)c1ccc(N2C(=O)C(=O)/C(=C(\O)c3ccc(Br)c(C)c3)C2c2ccccc2)cc1. The average Bonchev–Trinajstić information content (AvgIpc) is 3.14. The van der Waals surface area contributed by atoms with Crippen molar-refractivity contribution in [3.8, 4) is 0 Å². The number of benzene rings is 3. The number of aliphatic hydroxyl groups is 1. The summed E-state index contributed by atoms with van der Waals surface area (Å²) in [5.74, 6) is -2.22. The van der Waals surface area contributed by atoms with Gasteiger partial charge in [-0.3, -0.25) is 14.5 Å². The summed E-state index contributed by atoms with van der Waals surface area (Å²) in [6, 6.07) is 19.8. The Balaban J connectivity index is 1.82. The Morgan fingerprint density at radius 1 is 1.00 bits per heavy atom. The van der Waals surface area contributed by atoms with Crippen molar-refractivity contribution < 1.29 is 24.2 Å². The summed E-state index contributed by atoms with van der Waals surface area (Å²) in [5, 5.41) is 11.2. The van der Waals surface area contributed by atoms with E-state index in [-0.39, 0.29) is 11.3 Å². The van der Waals surface area contributed by atoms with Gasteiger partial charge in [-0.25, -0.2) is 4.79 Å². The molecule has 35 heavy (non-hydrogen) atoms. The molecular formula is C28H24BrNO5. The number of aryl methyl sites for hydroxylation is 1. The van der Waals surface area contributed by atoms with Crippen LogP contribution in [0, 0.1) is 6.92 Å². The number of halogens is 1. The van der Waals surface area contributed by atoms with Gasteiger partial charge in [-0.15, -0.1) is 0 Å². The van der Waals surface area contributed by atoms with Crippen LogP contribution in [0.1, 0.15) is 46.4 Å². The van der Waals surface area contributed by atoms with E-state index in [4.69, 9.17) is 4.74 Å². The Kier molecular flexibility index (Phi) is 7.17. The van der Waals surface area contributed by atoms with Gasteiger partial charge < -0.3 is 9.84 Å². The maximum absolute atomic E-state index is 13.2. The molecule has 1 unspecified atom stereocenters. The van der Waals surface area contributed by atoms with Crippen molar-refractivity contribution >= 4 is 45.0 Å². The molecule has 1 amide bonds. The zero-order valence-electron chi connectivity index (χ0n) is 19.3. The fraction of sp³-hybridized carbons (Fsp3) is 0.179. The minimum Gasteiger partial charge on any atom is -0.507 e. The number of ether oxygens (including phenoxy) is 1. The van der Waals surface area contributed by atoms with Gasteiger partial charge in [0.2, 0.25) is 0 Å². The van der Waals surface area contributed by atoms with Crippen molar-refractivity contribution in [1.82, 2.24) is 0 Å². The number of carbonyl (C=O) groups excluding carboxylic acids is 3. The van der Waals surface area contributed by atoms with Crippen molar-refractivity contribution in [2.45, 2.75) is 26.3 Å². The summed E-state index contributed by atoms with van der Waals surface area (Å²) < 4.78 is 6.04. The van der Waals surface area contributed by atoms with Crippen LogP contribution in [0.5, 0.6) is 0 Å². The lowest BCUT2D eigenvalue weighted by Gasteiger charge is -2.25. The number of amides is 1. The largest absolute Gasteiger partial charge is 0.507 e. The van der Waals surface area contributed by atoms with Gasteiger partial charge in [-0.2, -0.15) is 0 Å². The molecule has 3 aromatic carbocycles. The van der Waals surface area contributed by atoms with E-state index in [1.54, 1.807) is 54.6 Å². The smallest absolute Gasteiger partial charge is 0.338 e. The second-order valence-corrected chi connectivity index (χ2v) is 9.08. The summed E-state index contributed by atoms with van der Waals surface area (Å²) in [5.41, 5.74) is 2.78. The first-order valence-corrected chi connectivity index (χ1v) is 12.0. The maximum Gasteiger partial charge on any atom is 0.338 e. The highest BCUT2D eigenvalue weighted by molar-refractivity contribution is 9.10. The molecule has 1 aliphatic rings. The van der Waals surface area contributed by atoms with Crippen molar-refractivity contribution in [3.05, 3.63) is 105 Å². The fourth-order valence-corrected chi connectivity index (χ4v) is 4.28. The van der Waals surface area contributed by atoms with Gasteiger partial charge in [0.05, 0.1) is 23.8 Å². The van der Waals surface area contributed by atoms with Crippen LogP contribution >= 0.6 is 15.9 Å². The Morgan fingerprint density at radius 3 is 2.29 bits per heavy atom. The third-order valence-electron chi connectivity index (χ3n) is 5.81. The van der Waals surface area contributed by atoms with Gasteiger partial charge in [0.15, 0.2) is 0 Å². The lowest BCUT2D eigenvalue weighted by atomic mass is 9.94. The van der Waals surface area contributed by atoms with Gasteiger partial charge in [0, 0.05) is 15.7 Å². The molecule has 6 nitrogen and oxygen atoms in total. The van der Waals surface area contributed by atoms with E-state index < -0.39 is 23.7 Å². The van der Waals surface area contributed by atoms with E-state index in [0.29, 0.717) is 35.4 Å². The van der Waals surface area contributed by atoms with E-state index in [9.17, 15) is 19.5 Å². The molecule has 0 saturated carbocycles. The molecule has 4 rings (SSSR count). The number of anilines is 1. The lowest BCUT2D eigenvalue weighted by molar-refractivity contribution is -0.132. The monoisotopic (exact) mass is 533 g/mol. The summed E-state index contributed by atoms with van der Waals surface area (Å²) in [4.78, 5) is 40.0. The number of hydrogen-bond donors (Lipinski definition) is 1. The molecule has 0 spiro atoms. The van der Waals surface area contributed by atoms with E-state index in [1.165, 1.54) is 4.90 Å². The molecule has 0 bridgehead atoms. The number of ketones is 1. The summed E-state index contributed by atoms with van der Waals surface area (Å²) in [6.45, 7) is 4.10. The second-order valence-electron chi connectivity index (χ2n) is 8.23. The summed E-state index contributed by atoms with van der Waals surface area (Å²) in [7, 11) is 0. The molecule has 1 aliphatic heterocycles. The third-order valence-corrected chi connectivity index (χ3v) is 6.70. The normalized spacial score (nSPS) is 17.0. The van der Waals surface area contributed by atoms with Crippen LogP contribution in [0.25, 0.3) is 5.76 Å². The number of aliphatic hydroxyl groups excluding tert-OH is 1. The zero-order valence-corrected chi connectivity index (χ0v) is 20.9. The van der Waals surface area contributed by atoms with Crippen LogP contribution in [0.4, 0.5) is 5.69 Å². The quantitative estimate of drug-likeness (QED) is 0.183. The van der Waals surface area contributed by atoms with Crippen LogP contribution in [0.15, 0.2) is 82.8 Å². The number of nitrogens with zero attached hydrogens (tertiary/aromatic N) is 1. The molecular weight excluding hydrogens is 510 g/mol. The first kappa shape index (κ1) is 24.4. The number of Topliss-reactive ketones (excluding diaryl/α,β-unsaturated/α-hetero) is 1. The second kappa shape index (κ2) is 10.3. The summed E-state index contributed by atoms with van der Waals surface area (Å²) in [6.07, 6.45) is 0.712. The molecule has 178 valence electrons. The number of esters is 1. The Labute approximate surface area is 212 Å². The first-order chi connectivity index (χ1) is 16.8. The van der Waals surface area contributed by atoms with E-state index in [2.05, 4.69) is 15.9 Å². The third kappa shape index (κ3) is 4.77. The van der Waals surface area contributed by atoms with Crippen LogP contribution in [-0.2, 0) is 14.3 Å². The van der Waals surface area contributed by atoms with E-state index in [0.717, 1.165) is 10.0 Å². The molecule has 1 atom stereocenters. The standard InChI is InChI=1S/C28H24BrNO5/c1-3-15-35-28(34)19-9-12-21(13-10-19)30-24(18-7-5-4-6-8-18)23(26(32)27(30)33)25(31)20-11-14-22(29)17(2)16-20/h4-14,16,24,31H,3,15H2,1-2H3/b25-23-. The van der Waals surface area contributed by atoms with Crippen molar-refractivity contribution in [1.29, 1.82) is 0 Å². The Bertz CT molecular complexity index is 1310. The molecule has 0 aliphatic carbocycles. The Morgan fingerprint density at radius 2 is 1.66 bits per heavy atom. The fourth-order valence-electron chi connectivity index (χ4n) is 4.03. The average molecular weight is 534 g/mol. The molecule has 1 N–H and O–H groups in total.